The molecule has 0 spiro atoms. The Morgan fingerprint density at radius 1 is 1.32 bits per heavy atom. The fourth-order valence-corrected chi connectivity index (χ4v) is 2.69. The van der Waals surface area contributed by atoms with Gasteiger partial charge in [-0.15, -0.1) is 0 Å². The third kappa shape index (κ3) is 5.19. The second kappa shape index (κ2) is 7.48. The number of likely N-dealkylation sites (N-methyl/N-ethyl adjacent to an activating group) is 1. The minimum Gasteiger partial charge on any atom is -0.467 e. The Balaban J connectivity index is 2.52. The van der Waals surface area contributed by atoms with Gasteiger partial charge in [-0.1, -0.05) is 6.92 Å². The monoisotopic (exact) mass is 270 g/mol. The van der Waals surface area contributed by atoms with E-state index in [0.717, 1.165) is 18.8 Å². The normalized spacial score (nSPS) is 24.9. The number of carbonyl (C=O) groups is 2. The van der Waals surface area contributed by atoms with E-state index in [0.29, 0.717) is 12.6 Å². The summed E-state index contributed by atoms with van der Waals surface area (Å²) >= 11 is 0. The van der Waals surface area contributed by atoms with Gasteiger partial charge in [0.2, 0.25) is 5.91 Å². The van der Waals surface area contributed by atoms with Gasteiger partial charge in [-0.2, -0.15) is 0 Å². The average Bonchev–Trinajstić information content (AvgIpc) is 2.37. The SMILES string of the molecule is COC(=O)C(CN(C)C1CCC(C)CC1)NC(C)=O. The molecule has 5 nitrogen and oxygen atoms in total. The maximum atomic E-state index is 11.7. The fraction of sp³-hybridized carbons (Fsp3) is 0.857. The minimum absolute atomic E-state index is 0.207. The molecular weight excluding hydrogens is 244 g/mol. The summed E-state index contributed by atoms with van der Waals surface area (Å²) in [6.07, 6.45) is 4.79. The van der Waals surface area contributed by atoms with Gasteiger partial charge in [0.25, 0.3) is 0 Å². The number of nitrogens with one attached hydrogen (secondary N) is 1. The number of esters is 1. The number of amides is 1. The van der Waals surface area contributed by atoms with Gasteiger partial charge in [0.05, 0.1) is 7.11 Å². The van der Waals surface area contributed by atoms with E-state index in [1.165, 1.54) is 26.9 Å². The summed E-state index contributed by atoms with van der Waals surface area (Å²) < 4.78 is 4.74. The molecule has 1 amide bonds. The van der Waals surface area contributed by atoms with Crippen LogP contribution in [0, 0.1) is 5.92 Å². The molecule has 1 fully saturated rings. The third-order valence-corrected chi connectivity index (χ3v) is 3.94. The summed E-state index contributed by atoms with van der Waals surface area (Å²) in [7, 11) is 3.36. The van der Waals surface area contributed by atoms with Crippen LogP contribution in [0.3, 0.4) is 0 Å². The van der Waals surface area contributed by atoms with E-state index >= 15 is 0 Å². The molecule has 0 aromatic heterocycles. The van der Waals surface area contributed by atoms with Crippen molar-refractivity contribution in [3.8, 4) is 0 Å². The van der Waals surface area contributed by atoms with Crippen LogP contribution in [-0.2, 0) is 14.3 Å². The van der Waals surface area contributed by atoms with E-state index < -0.39 is 6.04 Å². The maximum absolute atomic E-state index is 11.7. The molecule has 0 aliphatic heterocycles. The Morgan fingerprint density at radius 3 is 2.37 bits per heavy atom. The van der Waals surface area contributed by atoms with Gasteiger partial charge < -0.3 is 15.0 Å². The number of hydrogen-bond acceptors (Lipinski definition) is 4. The summed E-state index contributed by atoms with van der Waals surface area (Å²) in [6, 6.07) is -0.0797. The molecule has 1 unspecified atom stereocenters. The molecule has 1 aliphatic carbocycles. The van der Waals surface area contributed by atoms with Crippen LogP contribution in [0.25, 0.3) is 0 Å². The van der Waals surface area contributed by atoms with Gasteiger partial charge in [-0.3, -0.25) is 4.79 Å². The van der Waals surface area contributed by atoms with Gasteiger partial charge in [0.1, 0.15) is 6.04 Å². The molecule has 0 aromatic carbocycles. The lowest BCUT2D eigenvalue weighted by molar-refractivity contribution is -0.145. The van der Waals surface area contributed by atoms with E-state index in [1.807, 2.05) is 7.05 Å². The van der Waals surface area contributed by atoms with Crippen molar-refractivity contribution >= 4 is 11.9 Å². The van der Waals surface area contributed by atoms with Crippen molar-refractivity contribution < 1.29 is 14.3 Å². The quantitative estimate of drug-likeness (QED) is 0.762. The summed E-state index contributed by atoms with van der Waals surface area (Å²) in [4.78, 5) is 25.0. The summed E-state index contributed by atoms with van der Waals surface area (Å²) in [5.74, 6) is 0.212. The highest BCUT2D eigenvalue weighted by Gasteiger charge is 2.27. The smallest absolute Gasteiger partial charge is 0.329 e. The molecule has 1 aliphatic rings. The van der Waals surface area contributed by atoms with E-state index in [2.05, 4.69) is 17.1 Å². The summed E-state index contributed by atoms with van der Waals surface area (Å²) in [5, 5.41) is 2.65. The van der Waals surface area contributed by atoms with Crippen LogP contribution in [0.4, 0.5) is 0 Å². The largest absolute Gasteiger partial charge is 0.467 e. The standard InChI is InChI=1S/C14H26N2O3/c1-10-5-7-12(8-6-10)16(3)9-13(14(18)19-4)15-11(2)17/h10,12-13H,5-9H2,1-4H3,(H,15,17). The molecule has 110 valence electrons. The van der Waals surface area contributed by atoms with Gasteiger partial charge in [-0.25, -0.2) is 4.79 Å². The van der Waals surface area contributed by atoms with E-state index in [4.69, 9.17) is 4.74 Å². The van der Waals surface area contributed by atoms with Crippen LogP contribution in [-0.4, -0.2) is 49.6 Å². The van der Waals surface area contributed by atoms with Crippen molar-refractivity contribution in [2.24, 2.45) is 5.92 Å². The Bertz CT molecular complexity index is 312. The van der Waals surface area contributed by atoms with Crippen molar-refractivity contribution in [2.75, 3.05) is 20.7 Å². The number of rotatable bonds is 5. The molecule has 19 heavy (non-hydrogen) atoms. The average molecular weight is 270 g/mol. The van der Waals surface area contributed by atoms with Crippen LogP contribution in [0.5, 0.6) is 0 Å². The summed E-state index contributed by atoms with van der Waals surface area (Å²) in [6.45, 7) is 4.20. The highest BCUT2D eigenvalue weighted by molar-refractivity contribution is 5.83. The topological polar surface area (TPSA) is 58.6 Å². The van der Waals surface area contributed by atoms with Crippen LogP contribution in [0.1, 0.15) is 39.5 Å². The van der Waals surface area contributed by atoms with Gasteiger partial charge in [0.15, 0.2) is 0 Å². The second-order valence-corrected chi connectivity index (χ2v) is 5.63. The lowest BCUT2D eigenvalue weighted by atomic mass is 9.86. The Morgan fingerprint density at radius 2 is 1.89 bits per heavy atom. The van der Waals surface area contributed by atoms with Gasteiger partial charge >= 0.3 is 5.97 Å². The van der Waals surface area contributed by atoms with Gasteiger partial charge in [-0.05, 0) is 38.6 Å². The van der Waals surface area contributed by atoms with Crippen molar-refractivity contribution in [3.63, 3.8) is 0 Å². The van der Waals surface area contributed by atoms with Crippen molar-refractivity contribution in [1.82, 2.24) is 10.2 Å². The fourth-order valence-electron chi connectivity index (χ4n) is 2.69. The molecule has 0 aromatic rings. The molecule has 1 saturated carbocycles. The highest BCUT2D eigenvalue weighted by atomic mass is 16.5. The molecule has 0 radical (unpaired) electrons. The highest BCUT2D eigenvalue weighted by Crippen LogP contribution is 2.26. The van der Waals surface area contributed by atoms with E-state index in [9.17, 15) is 9.59 Å². The predicted molar refractivity (Wildman–Crippen MR) is 73.7 cm³/mol. The molecule has 5 heteroatoms. The van der Waals surface area contributed by atoms with Crippen LogP contribution >= 0.6 is 0 Å². The zero-order chi connectivity index (χ0) is 14.4. The van der Waals surface area contributed by atoms with Crippen molar-refractivity contribution in [1.29, 1.82) is 0 Å². The molecule has 0 bridgehead atoms. The van der Waals surface area contributed by atoms with Crippen LogP contribution in [0.15, 0.2) is 0 Å². The minimum atomic E-state index is -0.577. The first-order valence-electron chi connectivity index (χ1n) is 6.99. The van der Waals surface area contributed by atoms with Crippen molar-refractivity contribution in [2.45, 2.75) is 51.6 Å². The first-order chi connectivity index (χ1) is 8.93. The zero-order valence-electron chi connectivity index (χ0n) is 12.4. The van der Waals surface area contributed by atoms with E-state index in [-0.39, 0.29) is 11.9 Å². The summed E-state index contributed by atoms with van der Waals surface area (Å²) in [5.41, 5.74) is 0. The Kier molecular flexibility index (Phi) is 6.28. The molecule has 0 heterocycles. The number of carbonyl (C=O) groups excluding carboxylic acids is 2. The predicted octanol–water partition coefficient (Wildman–Crippen LogP) is 1.17. The Labute approximate surface area is 115 Å². The molecule has 1 atom stereocenters. The first-order valence-corrected chi connectivity index (χ1v) is 6.99. The van der Waals surface area contributed by atoms with Gasteiger partial charge in [0, 0.05) is 19.5 Å². The second-order valence-electron chi connectivity index (χ2n) is 5.63. The number of nitrogens with zero attached hydrogens (tertiary/aromatic N) is 1. The first kappa shape index (κ1) is 16.0. The zero-order valence-corrected chi connectivity index (χ0v) is 12.4. The maximum Gasteiger partial charge on any atom is 0.329 e. The molecular formula is C14H26N2O3. The third-order valence-electron chi connectivity index (χ3n) is 3.94. The number of hydrogen-bond donors (Lipinski definition) is 1. The van der Waals surface area contributed by atoms with Crippen LogP contribution in [0.2, 0.25) is 0 Å². The van der Waals surface area contributed by atoms with Crippen LogP contribution < -0.4 is 5.32 Å². The number of methoxy groups -OCH3 is 1. The Hall–Kier alpha value is -1.10. The molecule has 0 saturated heterocycles. The molecule has 1 N–H and O–H groups in total. The lowest BCUT2D eigenvalue weighted by Crippen LogP contribution is -2.50. The van der Waals surface area contributed by atoms with E-state index in [1.54, 1.807) is 0 Å². The lowest BCUT2D eigenvalue weighted by Gasteiger charge is -2.35. The molecule has 1 rings (SSSR count). The van der Waals surface area contributed by atoms with Crippen molar-refractivity contribution in [3.05, 3.63) is 0 Å². The number of ether oxygens (including phenoxy) is 1.